The van der Waals surface area contributed by atoms with E-state index in [2.05, 4.69) is 30.0 Å². The van der Waals surface area contributed by atoms with Crippen LogP contribution in [0.3, 0.4) is 0 Å². The number of rotatable bonds is 7. The average Bonchev–Trinajstić information content (AvgIpc) is 3.29. The molecule has 4 aromatic rings. The number of halogens is 2. The fourth-order valence-electron chi connectivity index (χ4n) is 5.50. The molecule has 2 heterocycles. The van der Waals surface area contributed by atoms with Crippen molar-refractivity contribution in [2.75, 3.05) is 21.2 Å². The number of carbonyl (C=O) groups is 1. The van der Waals surface area contributed by atoms with Crippen molar-refractivity contribution in [3.05, 3.63) is 81.7 Å². The van der Waals surface area contributed by atoms with Gasteiger partial charge >= 0.3 is 0 Å². The van der Waals surface area contributed by atoms with Crippen LogP contribution < -0.4 is 4.74 Å². The molecule has 0 saturated heterocycles. The molecule has 5 nitrogen and oxygen atoms in total. The Bertz CT molecular complexity index is 1480. The molecule has 204 valence electrons. The molecule has 0 radical (unpaired) electrons. The molecule has 2 aromatic carbocycles. The van der Waals surface area contributed by atoms with Gasteiger partial charge in [-0.1, -0.05) is 29.8 Å². The summed E-state index contributed by atoms with van der Waals surface area (Å²) in [5.74, 6) is 0.136. The first-order valence-corrected chi connectivity index (χ1v) is 14.4. The van der Waals surface area contributed by atoms with E-state index >= 15 is 0 Å². The monoisotopic (exact) mass is 565 g/mol. The number of aromatic nitrogens is 1. The second-order valence-corrected chi connectivity index (χ2v) is 11.9. The number of benzene rings is 2. The maximum Gasteiger partial charge on any atom is 0.266 e. The Hall–Kier alpha value is -3.00. The van der Waals surface area contributed by atoms with Gasteiger partial charge in [-0.15, -0.1) is 11.3 Å². The molecule has 0 atom stereocenters. The van der Waals surface area contributed by atoms with Crippen LogP contribution in [0.15, 0.2) is 54.7 Å². The first-order valence-electron chi connectivity index (χ1n) is 13.2. The van der Waals surface area contributed by atoms with Crippen molar-refractivity contribution in [2.24, 2.45) is 0 Å². The van der Waals surface area contributed by atoms with Crippen LogP contribution in [0, 0.1) is 12.7 Å². The number of fused-ring (bicyclic) bond motifs is 1. The number of thiophene rings is 1. The second kappa shape index (κ2) is 11.6. The molecule has 1 amide bonds. The van der Waals surface area contributed by atoms with Crippen molar-refractivity contribution in [3.63, 3.8) is 0 Å². The fourth-order valence-corrected chi connectivity index (χ4v) is 7.00. The van der Waals surface area contributed by atoms with Gasteiger partial charge in [0.05, 0.1) is 12.1 Å². The van der Waals surface area contributed by atoms with Crippen LogP contribution >= 0.6 is 22.9 Å². The average molecular weight is 566 g/mol. The molecule has 0 aliphatic heterocycles. The summed E-state index contributed by atoms with van der Waals surface area (Å²) in [6, 6.07) is 15.4. The quantitative estimate of drug-likeness (QED) is 0.232. The van der Waals surface area contributed by atoms with Gasteiger partial charge in [-0.3, -0.25) is 9.78 Å². The number of nitrogens with zero attached hydrogens (tertiary/aromatic N) is 3. The van der Waals surface area contributed by atoms with E-state index in [0.717, 1.165) is 48.1 Å². The largest absolute Gasteiger partial charge is 0.496 e. The molecular formula is C31H33ClFN3O2S. The van der Waals surface area contributed by atoms with Crippen molar-refractivity contribution < 1.29 is 13.9 Å². The first-order chi connectivity index (χ1) is 18.8. The maximum atomic E-state index is 14.6. The number of hydrogen-bond acceptors (Lipinski definition) is 5. The summed E-state index contributed by atoms with van der Waals surface area (Å²) in [6.45, 7) is 2.32. The second-order valence-electron chi connectivity index (χ2n) is 10.4. The van der Waals surface area contributed by atoms with Crippen LogP contribution in [-0.4, -0.2) is 54.0 Å². The summed E-state index contributed by atoms with van der Waals surface area (Å²) in [5.41, 5.74) is 3.86. The van der Waals surface area contributed by atoms with Crippen molar-refractivity contribution in [1.29, 1.82) is 0 Å². The van der Waals surface area contributed by atoms with Crippen molar-refractivity contribution in [2.45, 2.75) is 51.2 Å². The zero-order chi connectivity index (χ0) is 27.7. The van der Waals surface area contributed by atoms with Gasteiger partial charge in [0.2, 0.25) is 0 Å². The van der Waals surface area contributed by atoms with E-state index in [1.807, 2.05) is 42.3 Å². The van der Waals surface area contributed by atoms with E-state index in [0.29, 0.717) is 33.3 Å². The Morgan fingerprint density at radius 2 is 1.79 bits per heavy atom. The zero-order valence-corrected chi connectivity index (χ0v) is 24.3. The summed E-state index contributed by atoms with van der Waals surface area (Å²) in [4.78, 5) is 23.2. The lowest BCUT2D eigenvalue weighted by atomic mass is 9.89. The number of ether oxygens (including phenoxy) is 1. The minimum atomic E-state index is -0.410. The molecule has 39 heavy (non-hydrogen) atoms. The molecule has 1 aliphatic carbocycles. The highest BCUT2D eigenvalue weighted by atomic mass is 35.5. The first kappa shape index (κ1) is 27.6. The highest BCUT2D eigenvalue weighted by Crippen LogP contribution is 2.39. The molecule has 0 N–H and O–H groups in total. The molecule has 1 aliphatic rings. The molecule has 1 saturated carbocycles. The predicted octanol–water partition coefficient (Wildman–Crippen LogP) is 7.59. The summed E-state index contributed by atoms with van der Waals surface area (Å²) in [5, 5.41) is 0.506. The van der Waals surface area contributed by atoms with Crippen molar-refractivity contribution >= 4 is 38.9 Å². The highest BCUT2D eigenvalue weighted by Gasteiger charge is 2.33. The van der Waals surface area contributed by atoms with Gasteiger partial charge < -0.3 is 14.5 Å². The van der Waals surface area contributed by atoms with E-state index in [4.69, 9.17) is 16.3 Å². The van der Waals surface area contributed by atoms with Crippen molar-refractivity contribution in [3.8, 4) is 16.9 Å². The lowest BCUT2D eigenvalue weighted by molar-refractivity contribution is 0.0573. The molecular weight excluding hydrogens is 533 g/mol. The summed E-state index contributed by atoms with van der Waals surface area (Å²) in [7, 11) is 5.86. The topological polar surface area (TPSA) is 45.7 Å². The van der Waals surface area contributed by atoms with E-state index in [1.54, 1.807) is 19.2 Å². The van der Waals surface area contributed by atoms with E-state index in [-0.39, 0.29) is 17.0 Å². The Balaban J connectivity index is 1.53. The van der Waals surface area contributed by atoms with Gasteiger partial charge in [-0.05, 0) is 82.6 Å². The van der Waals surface area contributed by atoms with Gasteiger partial charge in [0.1, 0.15) is 16.4 Å². The van der Waals surface area contributed by atoms with E-state index in [9.17, 15) is 9.18 Å². The number of amides is 1. The Labute approximate surface area is 238 Å². The summed E-state index contributed by atoms with van der Waals surface area (Å²) >= 11 is 7.92. The number of pyridine rings is 1. The molecule has 8 heteroatoms. The van der Waals surface area contributed by atoms with Crippen LogP contribution in [0.5, 0.6) is 5.75 Å². The van der Waals surface area contributed by atoms with Gasteiger partial charge in [-0.2, -0.15) is 0 Å². The summed E-state index contributed by atoms with van der Waals surface area (Å²) < 4.78 is 21.0. The molecule has 5 rings (SSSR count). The van der Waals surface area contributed by atoms with Crippen LogP contribution in [-0.2, 0) is 6.54 Å². The molecule has 0 spiro atoms. The molecule has 1 fully saturated rings. The summed E-state index contributed by atoms with van der Waals surface area (Å²) in [6.07, 6.45) is 5.63. The smallest absolute Gasteiger partial charge is 0.266 e. The SMILES string of the molecule is COc1ccc(-c2ccc(C)nc2)cc1CN(C(=O)c1sc2cccc(F)c2c1Cl)C1CCC(N(C)C)CC1. The normalized spacial score (nSPS) is 17.5. The molecule has 2 aromatic heterocycles. The maximum absolute atomic E-state index is 14.6. The van der Waals surface area contributed by atoms with Gasteiger partial charge in [-0.25, -0.2) is 4.39 Å². The van der Waals surface area contributed by atoms with E-state index < -0.39 is 5.82 Å². The third kappa shape index (κ3) is 5.67. The minimum absolute atomic E-state index is 0.0363. The fraction of sp³-hybridized carbons (Fsp3) is 0.355. The third-order valence-electron chi connectivity index (χ3n) is 7.76. The number of aryl methyl sites for hydroxylation is 1. The van der Waals surface area contributed by atoms with Crippen LogP contribution in [0.25, 0.3) is 21.2 Å². The Morgan fingerprint density at radius 3 is 2.44 bits per heavy atom. The van der Waals surface area contributed by atoms with Crippen LogP contribution in [0.4, 0.5) is 4.39 Å². The number of methoxy groups -OCH3 is 1. The van der Waals surface area contributed by atoms with Crippen molar-refractivity contribution in [1.82, 2.24) is 14.8 Å². The lowest BCUT2D eigenvalue weighted by Crippen LogP contribution is -2.44. The Morgan fingerprint density at radius 1 is 1.08 bits per heavy atom. The Kier molecular flexibility index (Phi) is 8.21. The number of hydrogen-bond donors (Lipinski definition) is 0. The predicted molar refractivity (Wildman–Crippen MR) is 157 cm³/mol. The third-order valence-corrected chi connectivity index (χ3v) is 9.40. The van der Waals surface area contributed by atoms with E-state index in [1.165, 1.54) is 17.4 Å². The minimum Gasteiger partial charge on any atom is -0.496 e. The number of carbonyl (C=O) groups excluding carboxylic acids is 1. The van der Waals surface area contributed by atoms with Gasteiger partial charge in [0.25, 0.3) is 5.91 Å². The highest BCUT2D eigenvalue weighted by molar-refractivity contribution is 7.21. The van der Waals surface area contributed by atoms with Crippen LogP contribution in [0.1, 0.15) is 46.6 Å². The zero-order valence-electron chi connectivity index (χ0n) is 22.7. The van der Waals surface area contributed by atoms with Gasteiger partial charge in [0, 0.05) is 51.7 Å². The lowest BCUT2D eigenvalue weighted by Gasteiger charge is -2.39. The molecule has 0 bridgehead atoms. The standard InChI is InChI=1S/C31H33ClFN3O2S/c1-19-8-9-21(17-34-19)20-10-15-26(38-4)22(16-20)18-36(24-13-11-23(12-14-24)35(2)3)31(37)30-29(32)28-25(33)6-5-7-27(28)39-30/h5-10,15-17,23-24H,11-14,18H2,1-4H3. The van der Waals surface area contributed by atoms with Gasteiger partial charge in [0.15, 0.2) is 0 Å². The van der Waals surface area contributed by atoms with Crippen LogP contribution in [0.2, 0.25) is 5.02 Å². The molecule has 0 unspecified atom stereocenters.